The number of hydrogen-bond acceptors (Lipinski definition) is 3. The van der Waals surface area contributed by atoms with Crippen LogP contribution in [0.5, 0.6) is 0 Å². The minimum Gasteiger partial charge on any atom is -0.391 e. The standard InChI is InChI=1S/C16H22N2O2/c1-11-14(9-12-5-2-3-7-15(12)17-11)16(20)18-8-4-6-13(19)10-18/h2-3,5,7,11,13-14,17,19H,4,6,8-10H2,1H3. The second-order valence-electron chi connectivity index (χ2n) is 5.98. The molecule has 0 bridgehead atoms. The molecular weight excluding hydrogens is 252 g/mol. The van der Waals surface area contributed by atoms with Gasteiger partial charge in [-0.1, -0.05) is 18.2 Å². The number of carbonyl (C=O) groups is 1. The molecule has 3 atom stereocenters. The molecular formula is C16H22N2O2. The summed E-state index contributed by atoms with van der Waals surface area (Å²) in [6.07, 6.45) is 2.14. The Hall–Kier alpha value is -1.55. The van der Waals surface area contributed by atoms with Crippen LogP contribution in [0.4, 0.5) is 5.69 Å². The molecule has 2 aliphatic heterocycles. The summed E-state index contributed by atoms with van der Waals surface area (Å²) in [6, 6.07) is 8.32. The van der Waals surface area contributed by atoms with Crippen LogP contribution in [-0.2, 0) is 11.2 Å². The van der Waals surface area contributed by atoms with Gasteiger partial charge in [0.25, 0.3) is 0 Å². The van der Waals surface area contributed by atoms with E-state index < -0.39 is 0 Å². The predicted octanol–water partition coefficient (Wildman–Crippen LogP) is 1.64. The van der Waals surface area contributed by atoms with Gasteiger partial charge in [0, 0.05) is 24.8 Å². The third-order valence-electron chi connectivity index (χ3n) is 4.47. The van der Waals surface area contributed by atoms with Crippen molar-refractivity contribution in [2.45, 2.75) is 38.3 Å². The smallest absolute Gasteiger partial charge is 0.228 e. The minimum atomic E-state index is -0.355. The number of nitrogens with one attached hydrogen (secondary N) is 1. The van der Waals surface area contributed by atoms with E-state index >= 15 is 0 Å². The predicted molar refractivity (Wildman–Crippen MR) is 78.5 cm³/mol. The normalized spacial score (nSPS) is 29.5. The zero-order valence-electron chi connectivity index (χ0n) is 11.9. The molecule has 2 heterocycles. The number of carbonyl (C=O) groups excluding carboxylic acids is 1. The Labute approximate surface area is 119 Å². The average molecular weight is 274 g/mol. The highest BCUT2D eigenvalue weighted by atomic mass is 16.3. The molecule has 0 radical (unpaired) electrons. The van der Waals surface area contributed by atoms with Crippen molar-refractivity contribution in [1.29, 1.82) is 0 Å². The Balaban J connectivity index is 1.75. The molecule has 2 aliphatic rings. The van der Waals surface area contributed by atoms with Crippen LogP contribution in [0.15, 0.2) is 24.3 Å². The number of aliphatic hydroxyl groups is 1. The van der Waals surface area contributed by atoms with Gasteiger partial charge in [-0.25, -0.2) is 0 Å². The Bertz CT molecular complexity index is 503. The number of benzene rings is 1. The molecule has 2 N–H and O–H groups in total. The summed E-state index contributed by atoms with van der Waals surface area (Å²) in [5.74, 6) is 0.147. The molecule has 4 heteroatoms. The summed E-state index contributed by atoms with van der Waals surface area (Å²) in [7, 11) is 0. The Morgan fingerprint density at radius 1 is 1.40 bits per heavy atom. The molecule has 1 amide bonds. The summed E-state index contributed by atoms with van der Waals surface area (Å²) >= 11 is 0. The fourth-order valence-electron chi connectivity index (χ4n) is 3.29. The quantitative estimate of drug-likeness (QED) is 0.818. The number of anilines is 1. The van der Waals surface area contributed by atoms with E-state index in [1.807, 2.05) is 17.0 Å². The van der Waals surface area contributed by atoms with Crippen molar-refractivity contribution < 1.29 is 9.90 Å². The monoisotopic (exact) mass is 274 g/mol. The van der Waals surface area contributed by atoms with Crippen molar-refractivity contribution in [2.75, 3.05) is 18.4 Å². The SMILES string of the molecule is CC1Nc2ccccc2CC1C(=O)N1CCCC(O)C1. The van der Waals surface area contributed by atoms with E-state index in [1.54, 1.807) is 0 Å². The maximum absolute atomic E-state index is 12.7. The number of fused-ring (bicyclic) bond motifs is 1. The Morgan fingerprint density at radius 3 is 3.00 bits per heavy atom. The van der Waals surface area contributed by atoms with Crippen molar-refractivity contribution in [3.05, 3.63) is 29.8 Å². The van der Waals surface area contributed by atoms with Crippen LogP contribution in [0.1, 0.15) is 25.3 Å². The number of piperidine rings is 1. The molecule has 108 valence electrons. The van der Waals surface area contributed by atoms with E-state index in [1.165, 1.54) is 5.56 Å². The first-order valence-electron chi connectivity index (χ1n) is 7.46. The van der Waals surface area contributed by atoms with Crippen LogP contribution in [0.3, 0.4) is 0 Å². The van der Waals surface area contributed by atoms with E-state index in [0.717, 1.165) is 31.5 Å². The van der Waals surface area contributed by atoms with Crippen molar-refractivity contribution >= 4 is 11.6 Å². The number of para-hydroxylation sites is 1. The molecule has 20 heavy (non-hydrogen) atoms. The average Bonchev–Trinajstić information content (AvgIpc) is 2.46. The van der Waals surface area contributed by atoms with Crippen LogP contribution in [-0.4, -0.2) is 41.1 Å². The molecule has 1 fully saturated rings. The molecule has 4 nitrogen and oxygen atoms in total. The van der Waals surface area contributed by atoms with Gasteiger partial charge >= 0.3 is 0 Å². The highest BCUT2D eigenvalue weighted by Gasteiger charge is 2.34. The van der Waals surface area contributed by atoms with Crippen molar-refractivity contribution in [3.8, 4) is 0 Å². The minimum absolute atomic E-state index is 0.0322. The molecule has 1 aromatic carbocycles. The molecule has 3 rings (SSSR count). The Morgan fingerprint density at radius 2 is 2.20 bits per heavy atom. The first-order valence-corrected chi connectivity index (χ1v) is 7.46. The lowest BCUT2D eigenvalue weighted by Crippen LogP contribution is -2.49. The van der Waals surface area contributed by atoms with Crippen LogP contribution >= 0.6 is 0 Å². The first kappa shape index (κ1) is 13.4. The number of likely N-dealkylation sites (tertiary alicyclic amines) is 1. The fourth-order valence-corrected chi connectivity index (χ4v) is 3.29. The zero-order chi connectivity index (χ0) is 14.1. The van der Waals surface area contributed by atoms with Gasteiger partial charge in [0.1, 0.15) is 0 Å². The van der Waals surface area contributed by atoms with Gasteiger partial charge in [0.2, 0.25) is 5.91 Å². The van der Waals surface area contributed by atoms with E-state index in [4.69, 9.17) is 0 Å². The molecule has 3 unspecified atom stereocenters. The number of nitrogens with zero attached hydrogens (tertiary/aromatic N) is 1. The van der Waals surface area contributed by atoms with Gasteiger partial charge in [-0.3, -0.25) is 4.79 Å². The van der Waals surface area contributed by atoms with Gasteiger partial charge in [-0.05, 0) is 37.8 Å². The largest absolute Gasteiger partial charge is 0.391 e. The molecule has 0 aromatic heterocycles. The third kappa shape index (κ3) is 2.52. The third-order valence-corrected chi connectivity index (χ3v) is 4.47. The second kappa shape index (κ2) is 5.44. The number of hydrogen-bond donors (Lipinski definition) is 2. The second-order valence-corrected chi connectivity index (χ2v) is 5.98. The van der Waals surface area contributed by atoms with Crippen LogP contribution in [0.25, 0.3) is 0 Å². The highest BCUT2D eigenvalue weighted by molar-refractivity contribution is 5.81. The van der Waals surface area contributed by atoms with Gasteiger partial charge in [0.05, 0.1) is 12.0 Å². The van der Waals surface area contributed by atoms with Crippen LogP contribution in [0.2, 0.25) is 0 Å². The van der Waals surface area contributed by atoms with Crippen molar-refractivity contribution in [1.82, 2.24) is 4.90 Å². The molecule has 0 spiro atoms. The maximum atomic E-state index is 12.7. The highest BCUT2D eigenvalue weighted by Crippen LogP contribution is 2.29. The topological polar surface area (TPSA) is 52.6 Å². The molecule has 1 saturated heterocycles. The summed E-state index contributed by atoms with van der Waals surface area (Å²) < 4.78 is 0. The van der Waals surface area contributed by atoms with E-state index in [0.29, 0.717) is 6.54 Å². The summed E-state index contributed by atoms with van der Waals surface area (Å²) in [4.78, 5) is 14.5. The first-order chi connectivity index (χ1) is 9.65. The summed E-state index contributed by atoms with van der Waals surface area (Å²) in [5.41, 5.74) is 2.35. The van der Waals surface area contributed by atoms with Crippen molar-refractivity contribution in [3.63, 3.8) is 0 Å². The fraction of sp³-hybridized carbons (Fsp3) is 0.562. The number of aliphatic hydroxyl groups excluding tert-OH is 1. The van der Waals surface area contributed by atoms with Gasteiger partial charge < -0.3 is 15.3 Å². The molecule has 1 aromatic rings. The lowest BCUT2D eigenvalue weighted by atomic mass is 9.86. The van der Waals surface area contributed by atoms with Crippen LogP contribution in [0, 0.1) is 5.92 Å². The van der Waals surface area contributed by atoms with E-state index in [-0.39, 0.29) is 24.0 Å². The van der Waals surface area contributed by atoms with Gasteiger partial charge in [0.15, 0.2) is 0 Å². The van der Waals surface area contributed by atoms with E-state index in [2.05, 4.69) is 24.4 Å². The lowest BCUT2D eigenvalue weighted by Gasteiger charge is -2.37. The lowest BCUT2D eigenvalue weighted by molar-refractivity contribution is -0.139. The maximum Gasteiger partial charge on any atom is 0.228 e. The Kier molecular flexibility index (Phi) is 3.66. The molecule has 0 aliphatic carbocycles. The summed E-state index contributed by atoms with van der Waals surface area (Å²) in [6.45, 7) is 3.34. The van der Waals surface area contributed by atoms with Crippen LogP contribution < -0.4 is 5.32 Å². The number of β-amino-alcohol motifs (C(OH)–C–C–N with tert-alkyl or cyclic N) is 1. The van der Waals surface area contributed by atoms with Gasteiger partial charge in [-0.2, -0.15) is 0 Å². The van der Waals surface area contributed by atoms with Crippen molar-refractivity contribution in [2.24, 2.45) is 5.92 Å². The van der Waals surface area contributed by atoms with E-state index in [9.17, 15) is 9.90 Å². The number of amides is 1. The zero-order valence-corrected chi connectivity index (χ0v) is 11.9. The van der Waals surface area contributed by atoms with Gasteiger partial charge in [-0.15, -0.1) is 0 Å². The number of rotatable bonds is 1. The summed E-state index contributed by atoms with van der Waals surface area (Å²) in [5, 5.41) is 13.2. The molecule has 0 saturated carbocycles.